The van der Waals surface area contributed by atoms with E-state index in [1.54, 1.807) is 36.7 Å². The van der Waals surface area contributed by atoms with Gasteiger partial charge in [0.2, 0.25) is 0 Å². The van der Waals surface area contributed by atoms with Gasteiger partial charge in [0, 0.05) is 19.2 Å². The molecule has 8 heteroatoms. The lowest BCUT2D eigenvalue weighted by Gasteiger charge is -2.30. The zero-order chi connectivity index (χ0) is 20.0. The van der Waals surface area contributed by atoms with Gasteiger partial charge in [0.25, 0.3) is 0 Å². The Labute approximate surface area is 165 Å². The number of ether oxygens (including phenoxy) is 1. The fourth-order valence-corrected chi connectivity index (χ4v) is 4.09. The van der Waals surface area contributed by atoms with Crippen LogP contribution in [0.4, 0.5) is 0 Å². The third kappa shape index (κ3) is 5.39. The van der Waals surface area contributed by atoms with Gasteiger partial charge in [0.05, 0.1) is 6.61 Å². The third-order valence-corrected chi connectivity index (χ3v) is 5.89. The minimum atomic E-state index is -3.88. The van der Waals surface area contributed by atoms with E-state index in [0.717, 1.165) is 31.5 Å². The van der Waals surface area contributed by atoms with Crippen LogP contribution in [0.5, 0.6) is 11.5 Å². The number of benzene rings is 2. The van der Waals surface area contributed by atoms with Crippen LogP contribution >= 0.6 is 0 Å². The molecule has 0 spiro atoms. The lowest BCUT2D eigenvalue weighted by Crippen LogP contribution is -2.34. The van der Waals surface area contributed by atoms with Crippen LogP contribution in [-0.4, -0.2) is 39.4 Å². The summed E-state index contributed by atoms with van der Waals surface area (Å²) < 4.78 is 36.1. The van der Waals surface area contributed by atoms with E-state index in [1.165, 1.54) is 12.1 Å². The Kier molecular flexibility index (Phi) is 6.41. The normalized spacial score (nSPS) is 15.7. The van der Waals surface area contributed by atoms with Crippen molar-refractivity contribution in [3.8, 4) is 11.5 Å². The summed E-state index contributed by atoms with van der Waals surface area (Å²) in [6.07, 6.45) is 3.64. The van der Waals surface area contributed by atoms with Crippen molar-refractivity contribution < 1.29 is 17.3 Å². The topological polar surface area (TPSA) is 94.2 Å². The molecule has 7 nitrogen and oxygen atoms in total. The molecule has 1 aliphatic rings. The van der Waals surface area contributed by atoms with Crippen molar-refractivity contribution in [2.24, 2.45) is 16.9 Å². The van der Waals surface area contributed by atoms with E-state index in [0.29, 0.717) is 18.3 Å². The maximum absolute atomic E-state index is 12.4. The number of hydrogen-bond acceptors (Lipinski definition) is 6. The number of nitrogens with two attached hydrogens (primary N) is 1. The van der Waals surface area contributed by atoms with Gasteiger partial charge in [-0.15, -0.1) is 0 Å². The maximum Gasteiger partial charge on any atom is 0.339 e. The van der Waals surface area contributed by atoms with Crippen LogP contribution in [-0.2, 0) is 10.1 Å². The number of hydrogen-bond donors (Lipinski definition) is 1. The van der Waals surface area contributed by atoms with E-state index in [4.69, 9.17) is 14.8 Å². The van der Waals surface area contributed by atoms with Crippen LogP contribution in [0.1, 0.15) is 18.4 Å². The van der Waals surface area contributed by atoms with Crippen LogP contribution in [0.3, 0.4) is 0 Å². The number of rotatable bonds is 7. The summed E-state index contributed by atoms with van der Waals surface area (Å²) in [4.78, 5) is 2.20. The van der Waals surface area contributed by atoms with Crippen molar-refractivity contribution in [2.75, 3.05) is 19.7 Å². The zero-order valence-electron chi connectivity index (χ0n) is 15.8. The molecular formula is C20H25N3O4S. The van der Waals surface area contributed by atoms with E-state index in [2.05, 4.69) is 10.0 Å². The molecule has 2 aromatic carbocycles. The van der Waals surface area contributed by atoms with Crippen LogP contribution in [0.25, 0.3) is 0 Å². The first kappa shape index (κ1) is 20.0. The van der Waals surface area contributed by atoms with Gasteiger partial charge in [0.15, 0.2) is 0 Å². The van der Waals surface area contributed by atoms with Crippen molar-refractivity contribution in [1.82, 2.24) is 4.90 Å². The van der Waals surface area contributed by atoms with Crippen LogP contribution in [0, 0.1) is 12.8 Å². The van der Waals surface area contributed by atoms with Gasteiger partial charge in [-0.1, -0.05) is 18.2 Å². The lowest BCUT2D eigenvalue weighted by atomic mass is 9.98. The monoisotopic (exact) mass is 403 g/mol. The summed E-state index contributed by atoms with van der Waals surface area (Å²) in [5.41, 5.74) is 0.865. The fourth-order valence-electron chi connectivity index (χ4n) is 3.15. The predicted octanol–water partition coefficient (Wildman–Crippen LogP) is 2.76. The average Bonchev–Trinajstić information content (AvgIpc) is 2.68. The first-order valence-electron chi connectivity index (χ1n) is 9.18. The highest BCUT2D eigenvalue weighted by atomic mass is 32.2. The summed E-state index contributed by atoms with van der Waals surface area (Å²) >= 11 is 0. The van der Waals surface area contributed by atoms with Crippen LogP contribution < -0.4 is 14.8 Å². The summed E-state index contributed by atoms with van der Waals surface area (Å²) in [6.45, 7) is 4.24. The van der Waals surface area contributed by atoms with Gasteiger partial charge in [-0.2, -0.15) is 13.5 Å². The summed E-state index contributed by atoms with van der Waals surface area (Å²) in [5.74, 6) is 6.46. The Morgan fingerprint density at radius 2 is 1.82 bits per heavy atom. The maximum atomic E-state index is 12.4. The summed E-state index contributed by atoms with van der Waals surface area (Å²) in [7, 11) is -3.88. The highest BCUT2D eigenvalue weighted by Crippen LogP contribution is 2.27. The van der Waals surface area contributed by atoms with E-state index < -0.39 is 10.1 Å². The summed E-state index contributed by atoms with van der Waals surface area (Å²) in [6, 6.07) is 13.2. The van der Waals surface area contributed by atoms with Gasteiger partial charge in [-0.3, -0.25) is 0 Å². The van der Waals surface area contributed by atoms with E-state index >= 15 is 0 Å². The molecule has 2 aromatic rings. The van der Waals surface area contributed by atoms with E-state index in [9.17, 15) is 8.42 Å². The number of likely N-dealkylation sites (tertiary alicyclic amines) is 1. The molecule has 0 saturated carbocycles. The van der Waals surface area contributed by atoms with Gasteiger partial charge >= 0.3 is 10.1 Å². The standard InChI is InChI=1S/C20H25N3O4S/c1-16-11-18(26-14-17-7-9-23(10-8-17)15-22-21)13-19(12-16)27-28(24,25)20-5-3-2-4-6-20/h2-6,11-13,15,17H,7-10,14,21H2,1H3. The molecule has 0 unspecified atom stereocenters. The lowest BCUT2D eigenvalue weighted by molar-refractivity contribution is 0.183. The molecule has 1 fully saturated rings. The second-order valence-corrected chi connectivity index (χ2v) is 8.43. The molecular weight excluding hydrogens is 378 g/mol. The molecule has 0 radical (unpaired) electrons. The Hall–Kier alpha value is -2.74. The van der Waals surface area contributed by atoms with Gasteiger partial charge in [-0.25, -0.2) is 0 Å². The van der Waals surface area contributed by atoms with Crippen molar-refractivity contribution >= 4 is 16.5 Å². The second-order valence-electron chi connectivity index (χ2n) is 6.89. The number of piperidine rings is 1. The highest BCUT2D eigenvalue weighted by molar-refractivity contribution is 7.87. The Bertz CT molecular complexity index is 908. The van der Waals surface area contributed by atoms with E-state index in [1.807, 2.05) is 13.0 Å². The molecule has 3 rings (SSSR count). The zero-order valence-corrected chi connectivity index (χ0v) is 16.6. The molecule has 0 aliphatic carbocycles. The minimum absolute atomic E-state index is 0.117. The van der Waals surface area contributed by atoms with Crippen molar-refractivity contribution in [2.45, 2.75) is 24.7 Å². The van der Waals surface area contributed by atoms with Crippen molar-refractivity contribution in [3.05, 3.63) is 54.1 Å². The first-order valence-corrected chi connectivity index (χ1v) is 10.6. The predicted molar refractivity (Wildman–Crippen MR) is 108 cm³/mol. The molecule has 1 heterocycles. The van der Waals surface area contributed by atoms with Crippen molar-refractivity contribution in [3.63, 3.8) is 0 Å². The molecule has 0 bridgehead atoms. The van der Waals surface area contributed by atoms with Gasteiger partial charge in [0.1, 0.15) is 22.7 Å². The molecule has 0 aromatic heterocycles. The first-order chi connectivity index (χ1) is 13.5. The smallest absolute Gasteiger partial charge is 0.339 e. The summed E-state index contributed by atoms with van der Waals surface area (Å²) in [5, 5.41) is 3.56. The Morgan fingerprint density at radius 3 is 2.50 bits per heavy atom. The van der Waals surface area contributed by atoms with Crippen LogP contribution in [0.2, 0.25) is 0 Å². The molecule has 1 aliphatic heterocycles. The van der Waals surface area contributed by atoms with Gasteiger partial charge < -0.3 is 19.7 Å². The van der Waals surface area contributed by atoms with Crippen LogP contribution in [0.15, 0.2) is 58.5 Å². The molecule has 28 heavy (non-hydrogen) atoms. The Balaban J connectivity index is 1.62. The molecule has 2 N–H and O–H groups in total. The molecule has 0 amide bonds. The SMILES string of the molecule is Cc1cc(OCC2CCN(C=NN)CC2)cc(OS(=O)(=O)c2ccccc2)c1. The number of nitrogens with zero attached hydrogens (tertiary/aromatic N) is 2. The quantitative estimate of drug-likeness (QED) is 0.251. The van der Waals surface area contributed by atoms with Gasteiger partial charge in [-0.05, 0) is 55.5 Å². The molecule has 150 valence electrons. The fraction of sp³-hybridized carbons (Fsp3) is 0.350. The number of hydrazone groups is 1. The highest BCUT2D eigenvalue weighted by Gasteiger charge is 2.19. The van der Waals surface area contributed by atoms with E-state index in [-0.39, 0.29) is 10.6 Å². The van der Waals surface area contributed by atoms with Crippen molar-refractivity contribution in [1.29, 1.82) is 0 Å². The minimum Gasteiger partial charge on any atom is -0.493 e. The largest absolute Gasteiger partial charge is 0.493 e. The third-order valence-electron chi connectivity index (χ3n) is 4.63. The average molecular weight is 404 g/mol. The number of aryl methyl sites for hydroxylation is 1. The molecule has 0 atom stereocenters. The molecule has 1 saturated heterocycles. The Morgan fingerprint density at radius 1 is 1.14 bits per heavy atom. The second kappa shape index (κ2) is 8.97.